The predicted octanol–water partition coefficient (Wildman–Crippen LogP) is 2.56. The van der Waals surface area contributed by atoms with Crippen molar-refractivity contribution in [1.82, 2.24) is 0 Å². The minimum Gasteiger partial charge on any atom is -0.387 e. The van der Waals surface area contributed by atoms with Gasteiger partial charge in [-0.25, -0.2) is 0 Å². The molecule has 0 saturated heterocycles. The Morgan fingerprint density at radius 3 is 2.18 bits per heavy atom. The molecule has 4 heteroatoms. The van der Waals surface area contributed by atoms with Crippen LogP contribution in [-0.2, 0) is 9.47 Å². The molecule has 0 amide bonds. The van der Waals surface area contributed by atoms with Crippen LogP contribution in [0.25, 0.3) is 0 Å². The highest BCUT2D eigenvalue weighted by molar-refractivity contribution is 5.82. The van der Waals surface area contributed by atoms with Crippen molar-refractivity contribution in [3.8, 4) is 0 Å². The number of rotatable bonds is 11. The van der Waals surface area contributed by atoms with Gasteiger partial charge in [-0.2, -0.15) is 0 Å². The van der Waals surface area contributed by atoms with Crippen LogP contribution < -0.4 is 5.73 Å². The minimum atomic E-state index is -0.176. The van der Waals surface area contributed by atoms with Crippen LogP contribution in [0.1, 0.15) is 46.5 Å². The van der Waals surface area contributed by atoms with Crippen LogP contribution >= 0.6 is 0 Å². The van der Waals surface area contributed by atoms with Gasteiger partial charge < -0.3 is 15.2 Å². The lowest BCUT2D eigenvalue weighted by atomic mass is 9.86. The maximum absolute atomic E-state index is 7.44. The van der Waals surface area contributed by atoms with Crippen LogP contribution in [0.2, 0.25) is 0 Å². The van der Waals surface area contributed by atoms with Crippen LogP contribution in [-0.4, -0.2) is 32.3 Å². The Balaban J connectivity index is 3.27. The van der Waals surface area contributed by atoms with Gasteiger partial charge in [0, 0.05) is 18.6 Å². The number of nitrogens with two attached hydrogens (primary N) is 1. The molecule has 0 radical (unpaired) electrons. The smallest absolute Gasteiger partial charge is 0.0963 e. The Morgan fingerprint density at radius 1 is 1.06 bits per heavy atom. The highest BCUT2D eigenvalue weighted by Gasteiger charge is 2.20. The maximum Gasteiger partial charge on any atom is 0.0963 e. The van der Waals surface area contributed by atoms with E-state index in [1.54, 1.807) is 0 Å². The zero-order valence-corrected chi connectivity index (χ0v) is 11.6. The molecule has 0 aliphatic carbocycles. The first-order chi connectivity index (χ1) is 8.00. The number of hydrogen-bond acceptors (Lipinski definition) is 3. The molecule has 0 fully saturated rings. The second-order valence-corrected chi connectivity index (χ2v) is 4.98. The molecule has 17 heavy (non-hydrogen) atoms. The van der Waals surface area contributed by atoms with Crippen molar-refractivity contribution in [2.24, 2.45) is 11.1 Å². The van der Waals surface area contributed by atoms with Crippen molar-refractivity contribution in [3.05, 3.63) is 0 Å². The van der Waals surface area contributed by atoms with Crippen LogP contribution in [0.15, 0.2) is 0 Å². The van der Waals surface area contributed by atoms with Crippen molar-refractivity contribution >= 4 is 5.84 Å². The van der Waals surface area contributed by atoms with Crippen LogP contribution in [0.4, 0.5) is 0 Å². The topological polar surface area (TPSA) is 68.3 Å². The third kappa shape index (κ3) is 9.12. The van der Waals surface area contributed by atoms with Crippen LogP contribution in [0, 0.1) is 10.8 Å². The number of hydrogen-bond donors (Lipinski definition) is 2. The number of ether oxygens (including phenoxy) is 2. The summed E-state index contributed by atoms with van der Waals surface area (Å²) < 4.78 is 10.8. The standard InChI is InChI=1S/C13H28N2O2/c1-4-8-16-10-11-17-9-6-5-7-13(2,3)12(14)15/h4-11H2,1-3H3,(H3,14,15). The van der Waals surface area contributed by atoms with Crippen molar-refractivity contribution < 1.29 is 9.47 Å². The summed E-state index contributed by atoms with van der Waals surface area (Å²) in [5, 5.41) is 7.44. The SMILES string of the molecule is CCCOCCOCCCCC(C)(C)C(=N)N. The highest BCUT2D eigenvalue weighted by atomic mass is 16.5. The molecular formula is C13H28N2O2. The zero-order chi connectivity index (χ0) is 13.1. The van der Waals surface area contributed by atoms with Gasteiger partial charge in [-0.3, -0.25) is 5.41 Å². The van der Waals surface area contributed by atoms with E-state index in [1.165, 1.54) is 0 Å². The van der Waals surface area contributed by atoms with Gasteiger partial charge in [0.15, 0.2) is 0 Å². The van der Waals surface area contributed by atoms with E-state index < -0.39 is 0 Å². The first-order valence-corrected chi connectivity index (χ1v) is 6.50. The molecule has 0 aliphatic rings. The van der Waals surface area contributed by atoms with Gasteiger partial charge in [0.1, 0.15) is 0 Å². The predicted molar refractivity (Wildman–Crippen MR) is 71.5 cm³/mol. The van der Waals surface area contributed by atoms with E-state index in [9.17, 15) is 0 Å². The fourth-order valence-electron chi connectivity index (χ4n) is 1.37. The van der Waals surface area contributed by atoms with Gasteiger partial charge in [-0.05, 0) is 19.3 Å². The van der Waals surface area contributed by atoms with Crippen molar-refractivity contribution in [1.29, 1.82) is 5.41 Å². The summed E-state index contributed by atoms with van der Waals surface area (Å²) in [5.41, 5.74) is 5.34. The molecule has 0 atom stereocenters. The molecule has 4 nitrogen and oxygen atoms in total. The summed E-state index contributed by atoms with van der Waals surface area (Å²) in [7, 11) is 0. The molecule has 0 rings (SSSR count). The fourth-order valence-corrected chi connectivity index (χ4v) is 1.37. The minimum absolute atomic E-state index is 0.176. The summed E-state index contributed by atoms with van der Waals surface area (Å²) in [5.74, 6) is 0.270. The second-order valence-electron chi connectivity index (χ2n) is 4.98. The molecule has 0 aromatic heterocycles. The van der Waals surface area contributed by atoms with Gasteiger partial charge in [0.25, 0.3) is 0 Å². The first-order valence-electron chi connectivity index (χ1n) is 6.50. The lowest BCUT2D eigenvalue weighted by Gasteiger charge is -2.22. The first kappa shape index (κ1) is 16.4. The number of unbranched alkanes of at least 4 members (excludes halogenated alkanes) is 1. The summed E-state index contributed by atoms with van der Waals surface area (Å²) in [6.45, 7) is 9.06. The van der Waals surface area contributed by atoms with E-state index in [0.29, 0.717) is 13.2 Å². The molecule has 0 spiro atoms. The average molecular weight is 244 g/mol. The van der Waals surface area contributed by atoms with Gasteiger partial charge in [0.05, 0.1) is 19.0 Å². The second kappa shape index (κ2) is 9.42. The molecule has 0 saturated carbocycles. The molecule has 0 aromatic rings. The van der Waals surface area contributed by atoms with Crippen molar-refractivity contribution in [3.63, 3.8) is 0 Å². The van der Waals surface area contributed by atoms with Crippen LogP contribution in [0.5, 0.6) is 0 Å². The molecule has 0 unspecified atom stereocenters. The number of nitrogens with one attached hydrogen (secondary N) is 1. The summed E-state index contributed by atoms with van der Waals surface area (Å²) >= 11 is 0. The Labute approximate surface area is 105 Å². The van der Waals surface area contributed by atoms with Crippen LogP contribution in [0.3, 0.4) is 0 Å². The Morgan fingerprint density at radius 2 is 1.65 bits per heavy atom. The van der Waals surface area contributed by atoms with E-state index in [4.69, 9.17) is 20.6 Å². The van der Waals surface area contributed by atoms with Crippen molar-refractivity contribution in [2.45, 2.75) is 46.5 Å². The lowest BCUT2D eigenvalue weighted by molar-refractivity contribution is 0.0462. The zero-order valence-electron chi connectivity index (χ0n) is 11.6. The lowest BCUT2D eigenvalue weighted by Crippen LogP contribution is -2.30. The fraction of sp³-hybridized carbons (Fsp3) is 0.923. The van der Waals surface area contributed by atoms with Gasteiger partial charge >= 0.3 is 0 Å². The average Bonchev–Trinajstić information content (AvgIpc) is 2.26. The van der Waals surface area contributed by atoms with E-state index in [0.717, 1.165) is 38.9 Å². The highest BCUT2D eigenvalue weighted by Crippen LogP contribution is 2.22. The van der Waals surface area contributed by atoms with E-state index >= 15 is 0 Å². The quantitative estimate of drug-likeness (QED) is 0.333. The summed E-state index contributed by atoms with van der Waals surface area (Å²) in [4.78, 5) is 0. The normalized spacial score (nSPS) is 11.7. The molecule has 3 N–H and O–H groups in total. The largest absolute Gasteiger partial charge is 0.387 e. The Bertz CT molecular complexity index is 206. The van der Waals surface area contributed by atoms with Crippen molar-refractivity contribution in [2.75, 3.05) is 26.4 Å². The van der Waals surface area contributed by atoms with Gasteiger partial charge in [-0.15, -0.1) is 0 Å². The molecular weight excluding hydrogens is 216 g/mol. The third-order valence-electron chi connectivity index (χ3n) is 2.79. The number of amidine groups is 1. The molecule has 0 bridgehead atoms. The van der Waals surface area contributed by atoms with E-state index in [1.807, 2.05) is 13.8 Å². The van der Waals surface area contributed by atoms with E-state index in [-0.39, 0.29) is 11.3 Å². The monoisotopic (exact) mass is 244 g/mol. The maximum atomic E-state index is 7.44. The third-order valence-corrected chi connectivity index (χ3v) is 2.79. The van der Waals surface area contributed by atoms with E-state index in [2.05, 4.69) is 6.92 Å². The molecule has 102 valence electrons. The molecule has 0 aromatic carbocycles. The summed E-state index contributed by atoms with van der Waals surface area (Å²) in [6, 6.07) is 0. The molecule has 0 aliphatic heterocycles. The molecule has 0 heterocycles. The van der Waals surface area contributed by atoms with Gasteiger partial charge in [0.2, 0.25) is 0 Å². The van der Waals surface area contributed by atoms with Gasteiger partial charge in [-0.1, -0.05) is 27.2 Å². The Hall–Kier alpha value is -0.610. The summed E-state index contributed by atoms with van der Waals surface area (Å²) in [6.07, 6.45) is 4.06. The Kier molecular flexibility index (Phi) is 9.09.